The number of hydrogen-bond acceptors (Lipinski definition) is 4. The highest BCUT2D eigenvalue weighted by atomic mass is 16.5. The van der Waals surface area contributed by atoms with Crippen LogP contribution in [0.2, 0.25) is 0 Å². The molecule has 2 aliphatic rings. The number of hydrogen-bond donors (Lipinski definition) is 1. The first-order valence-electron chi connectivity index (χ1n) is 8.91. The second-order valence-corrected chi connectivity index (χ2v) is 7.31. The Kier molecular flexibility index (Phi) is 5.27. The Bertz CT molecular complexity index is 617. The van der Waals surface area contributed by atoms with Gasteiger partial charge in [-0.1, -0.05) is 17.7 Å². The van der Waals surface area contributed by atoms with Gasteiger partial charge in [-0.25, -0.2) is 4.79 Å². The number of piperazine rings is 1. The molecular weight excluding hydrogens is 318 g/mol. The number of aryl methyl sites for hydroxylation is 1. The SMILES string of the molecule is COC(=O)CC1(CN2CCN(C(=O)Nc3ccc(C)cc3)CC2)CC1. The van der Waals surface area contributed by atoms with Gasteiger partial charge in [0.25, 0.3) is 0 Å². The predicted octanol–water partition coefficient (Wildman–Crippen LogP) is 2.49. The largest absolute Gasteiger partial charge is 0.469 e. The van der Waals surface area contributed by atoms with Crippen LogP contribution in [-0.4, -0.2) is 61.6 Å². The highest BCUT2D eigenvalue weighted by molar-refractivity contribution is 5.89. The van der Waals surface area contributed by atoms with Gasteiger partial charge in [-0.15, -0.1) is 0 Å². The topological polar surface area (TPSA) is 61.9 Å². The van der Waals surface area contributed by atoms with Gasteiger partial charge in [0.05, 0.1) is 13.5 Å². The fourth-order valence-corrected chi connectivity index (χ4v) is 3.37. The molecule has 6 heteroatoms. The zero-order chi connectivity index (χ0) is 17.9. The first kappa shape index (κ1) is 17.7. The van der Waals surface area contributed by atoms with Crippen molar-refractivity contribution in [2.75, 3.05) is 45.2 Å². The van der Waals surface area contributed by atoms with Crippen molar-refractivity contribution in [1.82, 2.24) is 9.80 Å². The van der Waals surface area contributed by atoms with E-state index in [1.165, 1.54) is 12.7 Å². The van der Waals surface area contributed by atoms with Crippen molar-refractivity contribution in [2.45, 2.75) is 26.2 Å². The molecule has 1 aliphatic heterocycles. The first-order chi connectivity index (χ1) is 12.0. The van der Waals surface area contributed by atoms with E-state index >= 15 is 0 Å². The molecule has 1 aliphatic carbocycles. The van der Waals surface area contributed by atoms with Gasteiger partial charge in [-0.05, 0) is 37.3 Å². The van der Waals surface area contributed by atoms with Crippen molar-refractivity contribution in [3.05, 3.63) is 29.8 Å². The van der Waals surface area contributed by atoms with Gasteiger partial charge in [0.1, 0.15) is 0 Å². The molecule has 6 nitrogen and oxygen atoms in total. The summed E-state index contributed by atoms with van der Waals surface area (Å²) < 4.78 is 4.81. The molecule has 0 atom stereocenters. The molecule has 25 heavy (non-hydrogen) atoms. The van der Waals surface area contributed by atoms with Crippen LogP contribution in [0.25, 0.3) is 0 Å². The van der Waals surface area contributed by atoms with Crippen LogP contribution >= 0.6 is 0 Å². The maximum atomic E-state index is 12.4. The standard InChI is InChI=1S/C19H27N3O3/c1-15-3-5-16(6-4-15)20-18(24)22-11-9-21(10-12-22)14-19(7-8-19)13-17(23)25-2/h3-6H,7-14H2,1-2H3,(H,20,24). The van der Waals surface area contributed by atoms with Gasteiger partial charge >= 0.3 is 12.0 Å². The number of esters is 1. The molecule has 0 spiro atoms. The van der Waals surface area contributed by atoms with Gasteiger partial charge in [0, 0.05) is 38.4 Å². The summed E-state index contributed by atoms with van der Waals surface area (Å²) in [5.41, 5.74) is 2.11. The maximum Gasteiger partial charge on any atom is 0.321 e. The average molecular weight is 345 g/mol. The lowest BCUT2D eigenvalue weighted by molar-refractivity contribution is -0.142. The number of benzene rings is 1. The molecule has 1 saturated carbocycles. The Morgan fingerprint density at radius 3 is 2.32 bits per heavy atom. The zero-order valence-corrected chi connectivity index (χ0v) is 15.1. The minimum absolute atomic E-state index is 0.0424. The third kappa shape index (κ3) is 4.72. The lowest BCUT2D eigenvalue weighted by Crippen LogP contribution is -2.51. The molecular formula is C19H27N3O3. The third-order valence-corrected chi connectivity index (χ3v) is 5.23. The molecule has 1 aromatic rings. The van der Waals surface area contributed by atoms with Crippen LogP contribution in [0.1, 0.15) is 24.8 Å². The fourth-order valence-electron chi connectivity index (χ4n) is 3.37. The van der Waals surface area contributed by atoms with Gasteiger partial charge < -0.3 is 15.0 Å². The molecule has 0 bridgehead atoms. The second kappa shape index (κ2) is 7.44. The third-order valence-electron chi connectivity index (χ3n) is 5.23. The summed E-state index contributed by atoms with van der Waals surface area (Å²) >= 11 is 0. The van der Waals surface area contributed by atoms with Crippen LogP contribution in [-0.2, 0) is 9.53 Å². The lowest BCUT2D eigenvalue weighted by atomic mass is 10.0. The summed E-state index contributed by atoms with van der Waals surface area (Å²) in [6.07, 6.45) is 2.70. The van der Waals surface area contributed by atoms with Gasteiger partial charge in [-0.3, -0.25) is 9.69 Å². The summed E-state index contributed by atoms with van der Waals surface area (Å²) in [6, 6.07) is 7.79. The van der Waals surface area contributed by atoms with E-state index in [0.717, 1.165) is 38.2 Å². The number of nitrogens with one attached hydrogen (secondary N) is 1. The Labute approximate surface area is 149 Å². The molecule has 1 saturated heterocycles. The quantitative estimate of drug-likeness (QED) is 0.833. The molecule has 0 aromatic heterocycles. The summed E-state index contributed by atoms with van der Waals surface area (Å²) in [6.45, 7) is 6.08. The number of ether oxygens (including phenoxy) is 1. The summed E-state index contributed by atoms with van der Waals surface area (Å²) in [5.74, 6) is -0.117. The number of carbonyl (C=O) groups excluding carboxylic acids is 2. The molecule has 3 rings (SSSR count). The Balaban J connectivity index is 1.44. The molecule has 1 N–H and O–H groups in total. The van der Waals surface area contributed by atoms with Crippen molar-refractivity contribution >= 4 is 17.7 Å². The first-order valence-corrected chi connectivity index (χ1v) is 8.91. The minimum Gasteiger partial charge on any atom is -0.469 e. The van der Waals surface area contributed by atoms with Gasteiger partial charge in [0.2, 0.25) is 0 Å². The van der Waals surface area contributed by atoms with Crippen molar-refractivity contribution in [3.63, 3.8) is 0 Å². The zero-order valence-electron chi connectivity index (χ0n) is 15.1. The van der Waals surface area contributed by atoms with Crippen LogP contribution in [0.15, 0.2) is 24.3 Å². The van der Waals surface area contributed by atoms with Crippen LogP contribution in [0.4, 0.5) is 10.5 Å². The van der Waals surface area contributed by atoms with Crippen molar-refractivity contribution in [1.29, 1.82) is 0 Å². The number of anilines is 1. The number of urea groups is 1. The summed E-state index contributed by atoms with van der Waals surface area (Å²) in [7, 11) is 1.45. The van der Waals surface area contributed by atoms with E-state index in [4.69, 9.17) is 4.74 Å². The number of amides is 2. The molecule has 2 fully saturated rings. The van der Waals surface area contributed by atoms with Crippen LogP contribution in [0.5, 0.6) is 0 Å². The fraction of sp³-hybridized carbons (Fsp3) is 0.579. The molecule has 2 amide bonds. The van der Waals surface area contributed by atoms with E-state index in [1.54, 1.807) is 0 Å². The van der Waals surface area contributed by atoms with Gasteiger partial charge in [-0.2, -0.15) is 0 Å². The number of nitrogens with zero attached hydrogens (tertiary/aromatic N) is 2. The number of rotatable bonds is 5. The monoisotopic (exact) mass is 345 g/mol. The molecule has 0 radical (unpaired) electrons. The average Bonchev–Trinajstić information content (AvgIpc) is 3.36. The van der Waals surface area contributed by atoms with Crippen LogP contribution < -0.4 is 5.32 Å². The van der Waals surface area contributed by atoms with Gasteiger partial charge in [0.15, 0.2) is 0 Å². The number of carbonyl (C=O) groups is 2. The minimum atomic E-state index is -0.117. The lowest BCUT2D eigenvalue weighted by Gasteiger charge is -2.36. The Morgan fingerprint density at radius 2 is 1.76 bits per heavy atom. The van der Waals surface area contributed by atoms with E-state index in [-0.39, 0.29) is 17.4 Å². The summed E-state index contributed by atoms with van der Waals surface area (Å²) in [5, 5.41) is 2.96. The summed E-state index contributed by atoms with van der Waals surface area (Å²) in [4.78, 5) is 28.1. The molecule has 0 unspecified atom stereocenters. The van der Waals surface area contributed by atoms with Crippen molar-refractivity contribution in [2.24, 2.45) is 5.41 Å². The van der Waals surface area contributed by atoms with Crippen molar-refractivity contribution < 1.29 is 14.3 Å². The van der Waals surface area contributed by atoms with Crippen LogP contribution in [0.3, 0.4) is 0 Å². The van der Waals surface area contributed by atoms with E-state index in [1.807, 2.05) is 36.1 Å². The van der Waals surface area contributed by atoms with E-state index in [9.17, 15) is 9.59 Å². The Morgan fingerprint density at radius 1 is 1.12 bits per heavy atom. The smallest absolute Gasteiger partial charge is 0.321 e. The normalized spacial score (nSPS) is 19.4. The second-order valence-electron chi connectivity index (χ2n) is 7.31. The Hall–Kier alpha value is -2.08. The van der Waals surface area contributed by atoms with Crippen LogP contribution in [0, 0.1) is 12.3 Å². The molecule has 136 valence electrons. The molecule has 1 heterocycles. The maximum absolute atomic E-state index is 12.4. The molecule has 1 aromatic carbocycles. The highest BCUT2D eigenvalue weighted by Crippen LogP contribution is 2.49. The van der Waals surface area contributed by atoms with E-state index in [0.29, 0.717) is 19.5 Å². The number of methoxy groups -OCH3 is 1. The predicted molar refractivity (Wildman–Crippen MR) is 96.5 cm³/mol. The highest BCUT2D eigenvalue weighted by Gasteiger charge is 2.46. The van der Waals surface area contributed by atoms with E-state index < -0.39 is 0 Å². The van der Waals surface area contributed by atoms with E-state index in [2.05, 4.69) is 10.2 Å². The van der Waals surface area contributed by atoms with Crippen molar-refractivity contribution in [3.8, 4) is 0 Å².